The minimum atomic E-state index is -0.410. The first-order valence-electron chi connectivity index (χ1n) is 9.97. The summed E-state index contributed by atoms with van der Waals surface area (Å²) in [6.45, 7) is 2.79. The van der Waals surface area contributed by atoms with Gasteiger partial charge in [0.25, 0.3) is 0 Å². The molecule has 0 saturated heterocycles. The molecule has 0 saturated carbocycles. The fourth-order valence-electron chi connectivity index (χ4n) is 3.90. The summed E-state index contributed by atoms with van der Waals surface area (Å²) in [6.07, 6.45) is 0. The molecule has 5 nitrogen and oxygen atoms in total. The number of benzene rings is 3. The van der Waals surface area contributed by atoms with Gasteiger partial charge in [0.15, 0.2) is 6.79 Å². The number of fused-ring (bicyclic) bond motifs is 2. The maximum atomic E-state index is 12.7. The Kier molecular flexibility index (Phi) is 5.55. The van der Waals surface area contributed by atoms with E-state index in [-0.39, 0.29) is 13.4 Å². The predicted molar refractivity (Wildman–Crippen MR) is 124 cm³/mol. The summed E-state index contributed by atoms with van der Waals surface area (Å²) < 4.78 is 22.6. The molecule has 0 fully saturated rings. The van der Waals surface area contributed by atoms with Crippen molar-refractivity contribution >= 4 is 34.2 Å². The number of hydrogen-bond acceptors (Lipinski definition) is 5. The van der Waals surface area contributed by atoms with Gasteiger partial charge in [-0.15, -0.1) is 0 Å². The van der Waals surface area contributed by atoms with Crippen molar-refractivity contribution < 1.29 is 18.6 Å². The molecule has 2 heterocycles. The van der Waals surface area contributed by atoms with Crippen LogP contribution in [0.5, 0.6) is 11.5 Å². The average Bonchev–Trinajstić information content (AvgIpc) is 2.78. The van der Waals surface area contributed by atoms with Gasteiger partial charge in [-0.25, -0.2) is 4.79 Å². The molecule has 1 aromatic heterocycles. The Hall–Kier alpha value is -2.99. The zero-order valence-electron chi connectivity index (χ0n) is 17.1. The number of hydrogen-bond donors (Lipinski definition) is 0. The molecule has 0 bridgehead atoms. The van der Waals surface area contributed by atoms with Crippen molar-refractivity contribution in [1.29, 1.82) is 0 Å². The molecule has 4 aromatic rings. The van der Waals surface area contributed by atoms with E-state index in [0.717, 1.165) is 33.4 Å². The third-order valence-electron chi connectivity index (χ3n) is 5.42. The molecule has 0 radical (unpaired) electrons. The molecule has 7 heteroatoms. The van der Waals surface area contributed by atoms with Gasteiger partial charge in [-0.05, 0) is 54.4 Å². The lowest BCUT2D eigenvalue weighted by molar-refractivity contribution is -0.0175. The van der Waals surface area contributed by atoms with Crippen molar-refractivity contribution in [3.05, 3.63) is 91.8 Å². The van der Waals surface area contributed by atoms with Crippen LogP contribution in [0.25, 0.3) is 22.1 Å². The smallest absolute Gasteiger partial charge is 0.344 e. The van der Waals surface area contributed by atoms with Crippen LogP contribution in [0.1, 0.15) is 16.7 Å². The minimum absolute atomic E-state index is 0.192. The summed E-state index contributed by atoms with van der Waals surface area (Å²) >= 11 is 12.2. The number of ether oxygens (including phenoxy) is 3. The van der Waals surface area contributed by atoms with Crippen molar-refractivity contribution in [2.45, 2.75) is 20.1 Å². The Balaban J connectivity index is 1.46. The molecule has 162 valence electrons. The van der Waals surface area contributed by atoms with E-state index in [1.165, 1.54) is 0 Å². The molecule has 1 aliphatic heterocycles. The van der Waals surface area contributed by atoms with E-state index in [1.54, 1.807) is 18.2 Å². The molecule has 0 spiro atoms. The van der Waals surface area contributed by atoms with Gasteiger partial charge in [0.05, 0.1) is 12.2 Å². The lowest BCUT2D eigenvalue weighted by Gasteiger charge is -2.21. The molecule has 0 aliphatic carbocycles. The van der Waals surface area contributed by atoms with Gasteiger partial charge in [0, 0.05) is 32.6 Å². The summed E-state index contributed by atoms with van der Waals surface area (Å²) in [5.74, 6) is 1.30. The van der Waals surface area contributed by atoms with E-state index < -0.39 is 5.63 Å². The number of rotatable bonds is 4. The third kappa shape index (κ3) is 3.95. The summed E-state index contributed by atoms with van der Waals surface area (Å²) in [4.78, 5) is 12.7. The molecule has 0 N–H and O–H groups in total. The summed E-state index contributed by atoms with van der Waals surface area (Å²) in [5.41, 5.74) is 3.88. The second-order valence-electron chi connectivity index (χ2n) is 7.51. The van der Waals surface area contributed by atoms with E-state index in [1.807, 2.05) is 43.3 Å². The Morgan fingerprint density at radius 3 is 2.62 bits per heavy atom. The molecule has 1 aliphatic rings. The molecule has 0 amide bonds. The van der Waals surface area contributed by atoms with Crippen LogP contribution in [0.3, 0.4) is 0 Å². The highest BCUT2D eigenvalue weighted by Crippen LogP contribution is 2.33. The van der Waals surface area contributed by atoms with Crippen molar-refractivity contribution in [2.24, 2.45) is 0 Å². The number of aryl methyl sites for hydroxylation is 1. The normalized spacial score (nSPS) is 13.0. The van der Waals surface area contributed by atoms with E-state index in [2.05, 4.69) is 0 Å². The lowest BCUT2D eigenvalue weighted by Crippen LogP contribution is -2.14. The quantitative estimate of drug-likeness (QED) is 0.319. The van der Waals surface area contributed by atoms with Crippen molar-refractivity contribution in [3.63, 3.8) is 0 Å². The van der Waals surface area contributed by atoms with Gasteiger partial charge < -0.3 is 18.6 Å². The van der Waals surface area contributed by atoms with Gasteiger partial charge in [-0.3, -0.25) is 0 Å². The van der Waals surface area contributed by atoms with Crippen LogP contribution in [0.15, 0.2) is 63.8 Å². The maximum Gasteiger partial charge on any atom is 0.344 e. The molecular formula is C25H18Cl2O5. The second kappa shape index (κ2) is 8.51. The topological polar surface area (TPSA) is 57.9 Å². The zero-order chi connectivity index (χ0) is 22.2. The molecule has 3 aromatic carbocycles. The first kappa shape index (κ1) is 20.9. The van der Waals surface area contributed by atoms with Crippen LogP contribution < -0.4 is 15.1 Å². The summed E-state index contributed by atoms with van der Waals surface area (Å²) in [5, 5.41) is 2.03. The van der Waals surface area contributed by atoms with E-state index in [0.29, 0.717) is 33.5 Å². The minimum Gasteiger partial charge on any atom is -0.489 e. The van der Waals surface area contributed by atoms with Crippen molar-refractivity contribution in [2.75, 3.05) is 6.79 Å². The summed E-state index contributed by atoms with van der Waals surface area (Å²) in [6, 6.07) is 16.2. The van der Waals surface area contributed by atoms with Gasteiger partial charge in [0.2, 0.25) is 0 Å². The average molecular weight is 469 g/mol. The number of halogens is 2. The Bertz CT molecular complexity index is 1380. The van der Waals surface area contributed by atoms with Gasteiger partial charge in [0.1, 0.15) is 23.7 Å². The van der Waals surface area contributed by atoms with Crippen LogP contribution in [0, 0.1) is 6.92 Å². The summed E-state index contributed by atoms with van der Waals surface area (Å²) in [7, 11) is 0. The monoisotopic (exact) mass is 468 g/mol. The van der Waals surface area contributed by atoms with Crippen LogP contribution in [-0.4, -0.2) is 6.79 Å². The highest BCUT2D eigenvalue weighted by molar-refractivity contribution is 6.31. The first-order valence-corrected chi connectivity index (χ1v) is 10.7. The highest BCUT2D eigenvalue weighted by atomic mass is 35.5. The standard InChI is InChI=1S/C25H18Cl2O5/c1-14-21-7-6-20(30-12-17-9-19(27)8-16-11-29-13-31-24(16)17)10-22(21)32-25(28)23(14)15-2-4-18(26)5-3-15/h2-10H,11-13H2,1H3. The maximum absolute atomic E-state index is 12.7. The van der Waals surface area contributed by atoms with E-state index >= 15 is 0 Å². The zero-order valence-corrected chi connectivity index (χ0v) is 18.6. The van der Waals surface area contributed by atoms with Crippen LogP contribution in [-0.2, 0) is 18.0 Å². The van der Waals surface area contributed by atoms with Crippen LogP contribution >= 0.6 is 23.2 Å². The van der Waals surface area contributed by atoms with Gasteiger partial charge >= 0.3 is 5.63 Å². The van der Waals surface area contributed by atoms with Gasteiger partial charge in [-0.1, -0.05) is 35.3 Å². The SMILES string of the molecule is Cc1c(-c2ccc(Cl)cc2)c(=O)oc2cc(OCc3cc(Cl)cc4c3OCOC4)ccc12. The fraction of sp³-hybridized carbons (Fsp3) is 0.160. The Morgan fingerprint density at radius 1 is 1.00 bits per heavy atom. The molecule has 0 atom stereocenters. The molecular weight excluding hydrogens is 451 g/mol. The Labute approximate surface area is 194 Å². The Morgan fingerprint density at radius 2 is 1.81 bits per heavy atom. The molecule has 32 heavy (non-hydrogen) atoms. The molecule has 5 rings (SSSR count). The second-order valence-corrected chi connectivity index (χ2v) is 8.38. The van der Waals surface area contributed by atoms with Crippen LogP contribution in [0.2, 0.25) is 10.0 Å². The fourth-order valence-corrected chi connectivity index (χ4v) is 4.29. The lowest BCUT2D eigenvalue weighted by atomic mass is 9.99. The van der Waals surface area contributed by atoms with Crippen molar-refractivity contribution in [3.8, 4) is 22.6 Å². The van der Waals surface area contributed by atoms with Crippen molar-refractivity contribution in [1.82, 2.24) is 0 Å². The van der Waals surface area contributed by atoms with E-state index in [9.17, 15) is 4.79 Å². The van der Waals surface area contributed by atoms with Crippen LogP contribution in [0.4, 0.5) is 0 Å². The third-order valence-corrected chi connectivity index (χ3v) is 5.89. The van der Waals surface area contributed by atoms with Gasteiger partial charge in [-0.2, -0.15) is 0 Å². The highest BCUT2D eigenvalue weighted by Gasteiger charge is 2.18. The first-order chi connectivity index (χ1) is 15.5. The van der Waals surface area contributed by atoms with E-state index in [4.69, 9.17) is 41.8 Å². The largest absolute Gasteiger partial charge is 0.489 e. The predicted octanol–water partition coefficient (Wildman–Crippen LogP) is 6.52. The molecule has 0 unspecified atom stereocenters.